The number of nitrogens with zero attached hydrogens (tertiary/aromatic N) is 2. The molecule has 28 heavy (non-hydrogen) atoms. The quantitative estimate of drug-likeness (QED) is 0.174. The Bertz CT molecular complexity index is 1030. The summed E-state index contributed by atoms with van der Waals surface area (Å²) in [6.45, 7) is 0.208. The molecule has 0 fully saturated rings. The number of ether oxygens (including phenoxy) is 1. The SMILES string of the molecule is COC(=O)CCn1c(SCCCC(=O)c2cccs2)nc2ccccc2c1=O. The third-order valence-electron chi connectivity index (χ3n) is 4.17. The minimum absolute atomic E-state index is 0.0981. The average molecular weight is 417 g/mol. The molecule has 3 rings (SSSR count). The first-order valence-corrected chi connectivity index (χ1v) is 10.7. The zero-order valence-electron chi connectivity index (χ0n) is 15.4. The Labute approximate surface area is 170 Å². The number of aromatic nitrogens is 2. The molecule has 2 heterocycles. The Morgan fingerprint density at radius 1 is 1.18 bits per heavy atom. The van der Waals surface area contributed by atoms with Crippen LogP contribution in [0.1, 0.15) is 28.9 Å². The van der Waals surface area contributed by atoms with Gasteiger partial charge in [0.05, 0.1) is 29.3 Å². The van der Waals surface area contributed by atoms with Crippen LogP contribution < -0.4 is 5.56 Å². The van der Waals surface area contributed by atoms with E-state index in [1.165, 1.54) is 34.8 Å². The number of hydrogen-bond donors (Lipinski definition) is 0. The number of benzene rings is 1. The maximum absolute atomic E-state index is 12.9. The van der Waals surface area contributed by atoms with Crippen molar-refractivity contribution >= 4 is 45.8 Å². The molecule has 0 amide bonds. The van der Waals surface area contributed by atoms with Gasteiger partial charge in [-0.05, 0) is 30.0 Å². The highest BCUT2D eigenvalue weighted by molar-refractivity contribution is 7.99. The highest BCUT2D eigenvalue weighted by Gasteiger charge is 2.13. The molecule has 0 radical (unpaired) electrons. The lowest BCUT2D eigenvalue weighted by Crippen LogP contribution is -2.25. The van der Waals surface area contributed by atoms with Gasteiger partial charge in [-0.2, -0.15) is 0 Å². The molecule has 0 N–H and O–H groups in total. The van der Waals surface area contributed by atoms with E-state index >= 15 is 0 Å². The van der Waals surface area contributed by atoms with E-state index in [-0.39, 0.29) is 30.3 Å². The van der Waals surface area contributed by atoms with Crippen LogP contribution in [-0.2, 0) is 16.1 Å². The van der Waals surface area contributed by atoms with Gasteiger partial charge in [-0.3, -0.25) is 19.0 Å². The van der Waals surface area contributed by atoms with Gasteiger partial charge < -0.3 is 4.74 Å². The molecule has 0 aliphatic heterocycles. The molecule has 2 aromatic heterocycles. The Hall–Kier alpha value is -2.45. The van der Waals surface area contributed by atoms with Gasteiger partial charge in [-0.1, -0.05) is 30.0 Å². The number of para-hydroxylation sites is 1. The van der Waals surface area contributed by atoms with Crippen molar-refractivity contribution in [2.24, 2.45) is 0 Å². The first-order chi connectivity index (χ1) is 13.6. The van der Waals surface area contributed by atoms with E-state index in [1.54, 1.807) is 18.2 Å². The molecule has 8 heteroatoms. The lowest BCUT2D eigenvalue weighted by atomic mass is 10.2. The summed E-state index contributed by atoms with van der Waals surface area (Å²) in [5, 5.41) is 2.96. The summed E-state index contributed by atoms with van der Waals surface area (Å²) in [4.78, 5) is 41.8. The van der Waals surface area contributed by atoms with E-state index in [1.807, 2.05) is 23.6 Å². The predicted molar refractivity (Wildman–Crippen MR) is 111 cm³/mol. The highest BCUT2D eigenvalue weighted by atomic mass is 32.2. The van der Waals surface area contributed by atoms with Crippen molar-refractivity contribution in [2.45, 2.75) is 31.0 Å². The van der Waals surface area contributed by atoms with Crippen molar-refractivity contribution in [3.63, 3.8) is 0 Å². The number of fused-ring (bicyclic) bond motifs is 1. The zero-order valence-corrected chi connectivity index (χ0v) is 17.1. The van der Waals surface area contributed by atoms with Crippen LogP contribution in [0.2, 0.25) is 0 Å². The summed E-state index contributed by atoms with van der Waals surface area (Å²) in [5.74, 6) is 0.405. The van der Waals surface area contributed by atoms with Gasteiger partial charge in [-0.25, -0.2) is 4.98 Å². The van der Waals surface area contributed by atoms with Gasteiger partial charge >= 0.3 is 5.97 Å². The van der Waals surface area contributed by atoms with Crippen molar-refractivity contribution in [1.82, 2.24) is 9.55 Å². The van der Waals surface area contributed by atoms with Crippen molar-refractivity contribution < 1.29 is 14.3 Å². The van der Waals surface area contributed by atoms with E-state index in [0.717, 1.165) is 4.88 Å². The fourth-order valence-electron chi connectivity index (χ4n) is 2.72. The Morgan fingerprint density at radius 3 is 2.75 bits per heavy atom. The molecular formula is C20H20N2O4S2. The van der Waals surface area contributed by atoms with Crippen LogP contribution in [0.3, 0.4) is 0 Å². The summed E-state index contributed by atoms with van der Waals surface area (Å²) in [6, 6.07) is 10.8. The van der Waals surface area contributed by atoms with Gasteiger partial charge in [0, 0.05) is 18.7 Å². The van der Waals surface area contributed by atoms with E-state index in [2.05, 4.69) is 9.72 Å². The van der Waals surface area contributed by atoms with Crippen molar-refractivity contribution in [2.75, 3.05) is 12.9 Å². The first-order valence-electron chi connectivity index (χ1n) is 8.86. The maximum Gasteiger partial charge on any atom is 0.307 e. The number of Topliss-reactive ketones (excluding diaryl/α,β-unsaturated/α-hetero) is 1. The van der Waals surface area contributed by atoms with Crippen LogP contribution in [0.25, 0.3) is 10.9 Å². The van der Waals surface area contributed by atoms with E-state index < -0.39 is 0 Å². The lowest BCUT2D eigenvalue weighted by Gasteiger charge is -2.12. The zero-order chi connectivity index (χ0) is 19.9. The van der Waals surface area contributed by atoms with Gasteiger partial charge in [-0.15, -0.1) is 11.3 Å². The van der Waals surface area contributed by atoms with Crippen LogP contribution in [-0.4, -0.2) is 34.2 Å². The van der Waals surface area contributed by atoms with Gasteiger partial charge in [0.2, 0.25) is 0 Å². The van der Waals surface area contributed by atoms with Crippen molar-refractivity contribution in [3.8, 4) is 0 Å². The van der Waals surface area contributed by atoms with Crippen LogP contribution in [0.4, 0.5) is 0 Å². The number of rotatable bonds is 9. The average Bonchev–Trinajstić information content (AvgIpc) is 3.25. The van der Waals surface area contributed by atoms with Gasteiger partial charge in [0.25, 0.3) is 5.56 Å². The fourth-order valence-corrected chi connectivity index (χ4v) is 4.38. The monoisotopic (exact) mass is 416 g/mol. The number of carbonyl (C=O) groups excluding carboxylic acids is 2. The summed E-state index contributed by atoms with van der Waals surface area (Å²) in [6.07, 6.45) is 1.23. The van der Waals surface area contributed by atoms with Crippen LogP contribution >= 0.6 is 23.1 Å². The van der Waals surface area contributed by atoms with E-state index in [0.29, 0.717) is 34.7 Å². The van der Waals surface area contributed by atoms with Crippen LogP contribution in [0.15, 0.2) is 51.7 Å². The summed E-state index contributed by atoms with van der Waals surface area (Å²) < 4.78 is 6.20. The number of thioether (sulfide) groups is 1. The number of methoxy groups -OCH3 is 1. The number of thiophene rings is 1. The molecule has 0 spiro atoms. The van der Waals surface area contributed by atoms with Crippen LogP contribution in [0, 0.1) is 0 Å². The molecule has 0 saturated heterocycles. The summed E-state index contributed by atoms with van der Waals surface area (Å²) in [5.41, 5.74) is 0.450. The molecule has 0 aliphatic rings. The van der Waals surface area contributed by atoms with E-state index in [4.69, 9.17) is 0 Å². The molecule has 0 aliphatic carbocycles. The molecule has 146 valence electrons. The Balaban J connectivity index is 1.73. The van der Waals surface area contributed by atoms with Crippen molar-refractivity contribution in [3.05, 3.63) is 57.0 Å². The minimum atomic E-state index is -0.377. The number of hydrogen-bond acceptors (Lipinski definition) is 7. The third kappa shape index (κ3) is 4.88. The fraction of sp³-hybridized carbons (Fsp3) is 0.300. The maximum atomic E-state index is 12.9. The highest BCUT2D eigenvalue weighted by Crippen LogP contribution is 2.20. The largest absolute Gasteiger partial charge is 0.469 e. The molecule has 0 saturated carbocycles. The molecule has 1 aromatic carbocycles. The summed E-state index contributed by atoms with van der Waals surface area (Å²) >= 11 is 2.87. The molecule has 6 nitrogen and oxygen atoms in total. The molecule has 0 atom stereocenters. The predicted octanol–water partition coefficient (Wildman–Crippen LogP) is 3.78. The third-order valence-corrected chi connectivity index (χ3v) is 6.14. The number of carbonyl (C=O) groups is 2. The van der Waals surface area contributed by atoms with Gasteiger partial charge in [0.15, 0.2) is 10.9 Å². The Morgan fingerprint density at radius 2 is 2.00 bits per heavy atom. The molecule has 3 aromatic rings. The second kappa shape index (κ2) is 9.66. The van der Waals surface area contributed by atoms with Crippen molar-refractivity contribution in [1.29, 1.82) is 0 Å². The number of esters is 1. The van der Waals surface area contributed by atoms with Gasteiger partial charge in [0.1, 0.15) is 0 Å². The topological polar surface area (TPSA) is 78.3 Å². The summed E-state index contributed by atoms with van der Waals surface area (Å²) in [7, 11) is 1.32. The Kier molecular flexibility index (Phi) is 7.00. The second-order valence-corrected chi connectivity index (χ2v) is 8.06. The smallest absolute Gasteiger partial charge is 0.307 e. The van der Waals surface area contributed by atoms with Crippen LogP contribution in [0.5, 0.6) is 0 Å². The molecule has 0 bridgehead atoms. The molecular weight excluding hydrogens is 396 g/mol. The standard InChI is InChI=1S/C20H20N2O4S2/c1-26-18(24)10-11-22-19(25)14-6-2-3-7-15(14)21-20(22)28-13-4-8-16(23)17-9-5-12-27-17/h2-3,5-7,9,12H,4,8,10-11,13H2,1H3. The molecule has 0 unspecified atom stereocenters. The lowest BCUT2D eigenvalue weighted by molar-refractivity contribution is -0.140. The first kappa shape index (κ1) is 20.3. The normalized spacial score (nSPS) is 10.9. The van der Waals surface area contributed by atoms with E-state index in [9.17, 15) is 14.4 Å². The minimum Gasteiger partial charge on any atom is -0.469 e. The number of ketones is 1. The second-order valence-electron chi connectivity index (χ2n) is 6.05.